The number of carbonyl (C=O) groups is 1. The zero-order chi connectivity index (χ0) is 21.4. The van der Waals surface area contributed by atoms with Crippen molar-refractivity contribution in [2.75, 3.05) is 26.2 Å². The van der Waals surface area contributed by atoms with E-state index in [2.05, 4.69) is 63.9 Å². The monoisotopic (exact) mass is 417 g/mol. The van der Waals surface area contributed by atoms with E-state index in [4.69, 9.17) is 4.74 Å². The first-order chi connectivity index (χ1) is 15.2. The second-order valence-electron chi connectivity index (χ2n) is 8.73. The van der Waals surface area contributed by atoms with Gasteiger partial charge in [-0.2, -0.15) is 0 Å². The third-order valence-corrected chi connectivity index (χ3v) is 6.92. The Morgan fingerprint density at radius 3 is 2.55 bits per heavy atom. The fraction of sp³-hybridized carbons (Fsp3) is 0.423. The van der Waals surface area contributed by atoms with Crippen molar-refractivity contribution in [3.05, 3.63) is 65.4 Å². The molecule has 0 spiro atoms. The highest BCUT2D eigenvalue weighted by atomic mass is 16.5. The summed E-state index contributed by atoms with van der Waals surface area (Å²) in [5.74, 6) is 1.07. The maximum absolute atomic E-state index is 13.6. The summed E-state index contributed by atoms with van der Waals surface area (Å²) in [5, 5.41) is 1.05. The van der Waals surface area contributed by atoms with E-state index in [9.17, 15) is 4.79 Å². The van der Waals surface area contributed by atoms with Crippen molar-refractivity contribution in [1.82, 2.24) is 14.4 Å². The van der Waals surface area contributed by atoms with Gasteiger partial charge >= 0.3 is 0 Å². The Morgan fingerprint density at radius 1 is 1.03 bits per heavy atom. The average molecular weight is 418 g/mol. The van der Waals surface area contributed by atoms with Crippen LogP contribution in [0.15, 0.2) is 48.5 Å². The molecular formula is C26H31N3O2. The van der Waals surface area contributed by atoms with Crippen LogP contribution in [0.4, 0.5) is 0 Å². The van der Waals surface area contributed by atoms with Crippen LogP contribution in [-0.4, -0.2) is 52.6 Å². The van der Waals surface area contributed by atoms with Crippen LogP contribution in [0.2, 0.25) is 0 Å². The predicted octanol–water partition coefficient (Wildman–Crippen LogP) is 4.24. The lowest BCUT2D eigenvalue weighted by Crippen LogP contribution is -2.49. The molecular weight excluding hydrogens is 386 g/mol. The second-order valence-corrected chi connectivity index (χ2v) is 8.73. The molecule has 5 rings (SSSR count). The number of amides is 1. The molecule has 162 valence electrons. The standard InChI is InChI=1S/C26H31N3O2/c1-3-31-21-9-10-22-24(17-21)27(2)23-13-16-29(26(30)25(22)23)20-11-14-28(15-12-20)18-19-7-5-4-6-8-19/h4-10,17,20H,3,11-16,18H2,1-2H3. The Bertz CT molecular complexity index is 1080. The molecule has 0 N–H and O–H groups in total. The summed E-state index contributed by atoms with van der Waals surface area (Å²) >= 11 is 0. The van der Waals surface area contributed by atoms with Gasteiger partial charge in [-0.25, -0.2) is 0 Å². The van der Waals surface area contributed by atoms with Gasteiger partial charge in [0.05, 0.1) is 17.7 Å². The molecule has 2 aliphatic rings. The highest BCUT2D eigenvalue weighted by molar-refractivity contribution is 6.09. The molecule has 0 atom stereocenters. The minimum absolute atomic E-state index is 0.206. The first-order valence-corrected chi connectivity index (χ1v) is 11.5. The Morgan fingerprint density at radius 2 is 1.81 bits per heavy atom. The number of hydrogen-bond acceptors (Lipinski definition) is 3. The maximum Gasteiger partial charge on any atom is 0.256 e. The van der Waals surface area contributed by atoms with Gasteiger partial charge in [-0.05, 0) is 37.5 Å². The molecule has 1 saturated heterocycles. The minimum atomic E-state index is 0.206. The lowest BCUT2D eigenvalue weighted by atomic mass is 9.97. The van der Waals surface area contributed by atoms with Gasteiger partial charge in [-0.15, -0.1) is 0 Å². The van der Waals surface area contributed by atoms with E-state index < -0.39 is 0 Å². The van der Waals surface area contributed by atoms with Crippen LogP contribution >= 0.6 is 0 Å². The fourth-order valence-electron chi connectivity index (χ4n) is 5.31. The first-order valence-electron chi connectivity index (χ1n) is 11.5. The van der Waals surface area contributed by atoms with Crippen molar-refractivity contribution in [3.8, 4) is 5.75 Å². The smallest absolute Gasteiger partial charge is 0.256 e. The molecule has 1 aromatic heterocycles. The van der Waals surface area contributed by atoms with Crippen molar-refractivity contribution < 1.29 is 9.53 Å². The Hall–Kier alpha value is -2.79. The van der Waals surface area contributed by atoms with Crippen molar-refractivity contribution >= 4 is 16.8 Å². The summed E-state index contributed by atoms with van der Waals surface area (Å²) in [7, 11) is 2.07. The van der Waals surface area contributed by atoms with E-state index in [0.29, 0.717) is 12.6 Å². The van der Waals surface area contributed by atoms with Gasteiger partial charge < -0.3 is 14.2 Å². The summed E-state index contributed by atoms with van der Waals surface area (Å²) < 4.78 is 7.87. The molecule has 2 aromatic carbocycles. The number of fused-ring (bicyclic) bond motifs is 3. The van der Waals surface area contributed by atoms with Gasteiger partial charge in [0, 0.05) is 62.8 Å². The summed E-state index contributed by atoms with van der Waals surface area (Å²) in [5.41, 5.74) is 4.51. The van der Waals surface area contributed by atoms with E-state index in [1.165, 1.54) is 5.56 Å². The van der Waals surface area contributed by atoms with Crippen LogP contribution in [0.3, 0.4) is 0 Å². The third-order valence-electron chi connectivity index (χ3n) is 6.92. The summed E-state index contributed by atoms with van der Waals surface area (Å²) in [6.07, 6.45) is 3.01. The van der Waals surface area contributed by atoms with Gasteiger partial charge in [0.15, 0.2) is 0 Å². The quantitative estimate of drug-likeness (QED) is 0.623. The van der Waals surface area contributed by atoms with Crippen LogP contribution in [0, 0.1) is 0 Å². The molecule has 0 saturated carbocycles. The normalized spacial score (nSPS) is 17.9. The Balaban J connectivity index is 1.32. The van der Waals surface area contributed by atoms with E-state index in [0.717, 1.165) is 73.4 Å². The number of hydrogen-bond donors (Lipinski definition) is 0. The molecule has 31 heavy (non-hydrogen) atoms. The predicted molar refractivity (Wildman–Crippen MR) is 124 cm³/mol. The van der Waals surface area contributed by atoms with E-state index in [-0.39, 0.29) is 5.91 Å². The summed E-state index contributed by atoms with van der Waals surface area (Å²) in [4.78, 5) is 18.3. The number of likely N-dealkylation sites (tertiary alicyclic amines) is 1. The number of nitrogens with zero attached hydrogens (tertiary/aromatic N) is 3. The van der Waals surface area contributed by atoms with Gasteiger partial charge in [0.1, 0.15) is 5.75 Å². The van der Waals surface area contributed by atoms with Crippen molar-refractivity contribution in [2.45, 2.75) is 38.8 Å². The number of ether oxygens (including phenoxy) is 1. The SMILES string of the molecule is CCOc1ccc2c3c(n(C)c2c1)CCN(C1CCN(Cc2ccccc2)CC1)C3=O. The molecule has 0 unspecified atom stereocenters. The topological polar surface area (TPSA) is 37.7 Å². The maximum atomic E-state index is 13.6. The number of piperidine rings is 1. The Labute approximate surface area is 184 Å². The van der Waals surface area contributed by atoms with Gasteiger partial charge in [0.25, 0.3) is 5.91 Å². The lowest BCUT2D eigenvalue weighted by molar-refractivity contribution is 0.0546. The first kappa shape index (κ1) is 20.1. The zero-order valence-electron chi connectivity index (χ0n) is 18.5. The average Bonchev–Trinajstić information content (AvgIpc) is 3.08. The minimum Gasteiger partial charge on any atom is -0.494 e. The van der Waals surface area contributed by atoms with Crippen LogP contribution in [0.5, 0.6) is 5.75 Å². The fourth-order valence-corrected chi connectivity index (χ4v) is 5.31. The van der Waals surface area contributed by atoms with Crippen LogP contribution in [0.25, 0.3) is 10.9 Å². The van der Waals surface area contributed by atoms with E-state index >= 15 is 0 Å². The zero-order valence-corrected chi connectivity index (χ0v) is 18.5. The second kappa shape index (κ2) is 8.39. The number of benzene rings is 2. The molecule has 2 aliphatic heterocycles. The molecule has 1 fully saturated rings. The molecule has 5 heteroatoms. The molecule has 0 radical (unpaired) electrons. The molecule has 3 aromatic rings. The molecule has 0 aliphatic carbocycles. The lowest BCUT2D eigenvalue weighted by Gasteiger charge is -2.40. The van der Waals surface area contributed by atoms with Crippen molar-refractivity contribution in [1.29, 1.82) is 0 Å². The molecule has 5 nitrogen and oxygen atoms in total. The van der Waals surface area contributed by atoms with Crippen molar-refractivity contribution in [3.63, 3.8) is 0 Å². The van der Waals surface area contributed by atoms with Gasteiger partial charge in [-0.3, -0.25) is 9.69 Å². The number of aromatic nitrogens is 1. The molecule has 3 heterocycles. The largest absolute Gasteiger partial charge is 0.494 e. The highest BCUT2D eigenvalue weighted by Gasteiger charge is 2.35. The van der Waals surface area contributed by atoms with Crippen LogP contribution < -0.4 is 4.74 Å². The molecule has 1 amide bonds. The number of aryl methyl sites for hydroxylation is 1. The summed E-state index contributed by atoms with van der Waals surface area (Å²) in [6, 6.07) is 17.1. The van der Waals surface area contributed by atoms with Crippen LogP contribution in [0.1, 0.15) is 41.4 Å². The van der Waals surface area contributed by atoms with Crippen LogP contribution in [-0.2, 0) is 20.0 Å². The summed E-state index contributed by atoms with van der Waals surface area (Å²) in [6.45, 7) is 6.54. The van der Waals surface area contributed by atoms with Gasteiger partial charge in [0.2, 0.25) is 0 Å². The van der Waals surface area contributed by atoms with Crippen molar-refractivity contribution in [2.24, 2.45) is 7.05 Å². The highest BCUT2D eigenvalue weighted by Crippen LogP contribution is 2.34. The van der Waals surface area contributed by atoms with E-state index in [1.807, 2.05) is 13.0 Å². The van der Waals surface area contributed by atoms with Gasteiger partial charge in [-0.1, -0.05) is 30.3 Å². The number of rotatable bonds is 5. The van der Waals surface area contributed by atoms with E-state index in [1.54, 1.807) is 0 Å². The number of carbonyl (C=O) groups excluding carboxylic acids is 1. The third kappa shape index (κ3) is 3.72. The molecule has 0 bridgehead atoms. The Kier molecular flexibility index (Phi) is 5.45.